The maximum atomic E-state index is 12.2. The third kappa shape index (κ3) is 3.98. The molecule has 1 amide bonds. The molecule has 7 heteroatoms. The molecule has 0 spiro atoms. The maximum Gasteiger partial charge on any atom is 0.273 e. The summed E-state index contributed by atoms with van der Waals surface area (Å²) >= 11 is 3.54. The van der Waals surface area contributed by atoms with Gasteiger partial charge in [-0.3, -0.25) is 9.78 Å². The lowest BCUT2D eigenvalue weighted by Gasteiger charge is -2.29. The van der Waals surface area contributed by atoms with Gasteiger partial charge in [0.1, 0.15) is 11.5 Å². The molecule has 4 rings (SSSR count). The average molecular weight is 430 g/mol. The van der Waals surface area contributed by atoms with Gasteiger partial charge in [-0.2, -0.15) is 0 Å². The smallest absolute Gasteiger partial charge is 0.273 e. The molecule has 3 aromatic rings. The number of carbonyl (C=O) groups excluding carboxylic acids is 1. The zero-order chi connectivity index (χ0) is 18.8. The maximum absolute atomic E-state index is 12.2. The summed E-state index contributed by atoms with van der Waals surface area (Å²) in [6.07, 6.45) is 5.44. The zero-order valence-corrected chi connectivity index (χ0v) is 16.5. The molecule has 1 saturated carbocycles. The predicted octanol–water partition coefficient (Wildman–Crippen LogP) is 4.41. The standard InChI is InChI=1S/C20H20BrN3O3/c1-12-11-17(24-27-12)20(25)23-13-5-7-14(8-6-13)26-18-9-10-22-19-15(18)3-2-4-16(19)21/h2-4,9-11,13-14H,5-8H2,1H3,(H,23,25). The number of aromatic nitrogens is 2. The molecule has 0 atom stereocenters. The molecule has 2 aromatic heterocycles. The van der Waals surface area contributed by atoms with Gasteiger partial charge >= 0.3 is 0 Å². The molecule has 0 saturated heterocycles. The van der Waals surface area contributed by atoms with Gasteiger partial charge < -0.3 is 14.6 Å². The number of ether oxygens (including phenoxy) is 1. The molecule has 27 heavy (non-hydrogen) atoms. The molecule has 1 aliphatic rings. The van der Waals surface area contributed by atoms with Gasteiger partial charge in [0.15, 0.2) is 5.69 Å². The topological polar surface area (TPSA) is 77.2 Å². The molecule has 1 aliphatic carbocycles. The van der Waals surface area contributed by atoms with E-state index in [1.54, 1.807) is 19.2 Å². The first-order valence-electron chi connectivity index (χ1n) is 9.04. The van der Waals surface area contributed by atoms with Crippen LogP contribution in [0.5, 0.6) is 5.75 Å². The Morgan fingerprint density at radius 3 is 2.81 bits per heavy atom. The van der Waals surface area contributed by atoms with Crippen LogP contribution in [0.25, 0.3) is 10.9 Å². The van der Waals surface area contributed by atoms with Crippen LogP contribution >= 0.6 is 15.9 Å². The number of halogens is 1. The molecule has 1 fully saturated rings. The molecule has 6 nitrogen and oxygen atoms in total. The Morgan fingerprint density at radius 1 is 1.26 bits per heavy atom. The highest BCUT2D eigenvalue weighted by Gasteiger charge is 2.25. The molecule has 140 valence electrons. The largest absolute Gasteiger partial charge is 0.490 e. The minimum atomic E-state index is -0.179. The van der Waals surface area contributed by atoms with E-state index >= 15 is 0 Å². The fraction of sp³-hybridized carbons (Fsp3) is 0.350. The van der Waals surface area contributed by atoms with E-state index in [1.807, 2.05) is 24.3 Å². The van der Waals surface area contributed by atoms with Crippen molar-refractivity contribution in [1.82, 2.24) is 15.5 Å². The number of hydrogen-bond donors (Lipinski definition) is 1. The molecule has 2 heterocycles. The lowest BCUT2D eigenvalue weighted by molar-refractivity contribution is 0.0886. The number of amides is 1. The van der Waals surface area contributed by atoms with Crippen molar-refractivity contribution >= 4 is 32.7 Å². The number of hydrogen-bond acceptors (Lipinski definition) is 5. The van der Waals surface area contributed by atoms with Crippen molar-refractivity contribution in [2.45, 2.75) is 44.8 Å². The molecule has 0 unspecified atom stereocenters. The van der Waals surface area contributed by atoms with Gasteiger partial charge in [-0.15, -0.1) is 0 Å². The van der Waals surface area contributed by atoms with Crippen LogP contribution in [0.3, 0.4) is 0 Å². The Labute approximate surface area is 165 Å². The van der Waals surface area contributed by atoms with Gasteiger partial charge in [-0.05, 0) is 66.7 Å². The monoisotopic (exact) mass is 429 g/mol. The summed E-state index contributed by atoms with van der Waals surface area (Å²) < 4.78 is 12.2. The molecule has 1 N–H and O–H groups in total. The van der Waals surface area contributed by atoms with Gasteiger partial charge in [-0.25, -0.2) is 0 Å². The second kappa shape index (κ2) is 7.68. The molecule has 1 aromatic carbocycles. The first kappa shape index (κ1) is 18.0. The summed E-state index contributed by atoms with van der Waals surface area (Å²) in [5, 5.41) is 7.81. The van der Waals surface area contributed by atoms with Crippen molar-refractivity contribution in [3.8, 4) is 5.75 Å². The number of carbonyl (C=O) groups is 1. The Bertz CT molecular complexity index is 964. The minimum Gasteiger partial charge on any atom is -0.490 e. The van der Waals surface area contributed by atoms with Crippen molar-refractivity contribution in [3.63, 3.8) is 0 Å². The van der Waals surface area contributed by atoms with Gasteiger partial charge in [0.25, 0.3) is 5.91 Å². The Balaban J connectivity index is 1.36. The summed E-state index contributed by atoms with van der Waals surface area (Å²) in [4.78, 5) is 16.6. The SMILES string of the molecule is Cc1cc(C(=O)NC2CCC(Oc3ccnc4c(Br)cccc34)CC2)no1. The molecule has 0 bridgehead atoms. The molecule has 0 aliphatic heterocycles. The highest BCUT2D eigenvalue weighted by Crippen LogP contribution is 2.31. The summed E-state index contributed by atoms with van der Waals surface area (Å²) in [5.74, 6) is 1.31. The summed E-state index contributed by atoms with van der Waals surface area (Å²) in [6.45, 7) is 1.77. The van der Waals surface area contributed by atoms with Gasteiger partial charge in [0, 0.05) is 28.2 Å². The van der Waals surface area contributed by atoms with E-state index in [0.717, 1.165) is 46.8 Å². The van der Waals surface area contributed by atoms with Gasteiger partial charge in [0.05, 0.1) is 11.6 Å². The van der Waals surface area contributed by atoms with Crippen LogP contribution in [0, 0.1) is 6.92 Å². The Kier molecular flexibility index (Phi) is 5.11. The molecular formula is C20H20BrN3O3. The Hall–Kier alpha value is -2.41. The number of fused-ring (bicyclic) bond motifs is 1. The van der Waals surface area contributed by atoms with E-state index in [0.29, 0.717) is 11.5 Å². The van der Waals surface area contributed by atoms with Crippen molar-refractivity contribution < 1.29 is 14.1 Å². The minimum absolute atomic E-state index is 0.136. The summed E-state index contributed by atoms with van der Waals surface area (Å²) in [7, 11) is 0. The number of nitrogens with zero attached hydrogens (tertiary/aromatic N) is 2. The molecule has 0 radical (unpaired) electrons. The fourth-order valence-corrected chi connectivity index (χ4v) is 3.92. The number of pyridine rings is 1. The van der Waals surface area contributed by atoms with Crippen LogP contribution in [0.15, 0.2) is 45.5 Å². The van der Waals surface area contributed by atoms with E-state index in [9.17, 15) is 4.79 Å². The average Bonchev–Trinajstić information content (AvgIpc) is 3.11. The lowest BCUT2D eigenvalue weighted by Crippen LogP contribution is -2.39. The third-order valence-electron chi connectivity index (χ3n) is 4.85. The first-order valence-corrected chi connectivity index (χ1v) is 9.83. The van der Waals surface area contributed by atoms with E-state index < -0.39 is 0 Å². The first-order chi connectivity index (χ1) is 13.1. The van der Waals surface area contributed by atoms with E-state index in [2.05, 4.69) is 31.4 Å². The van der Waals surface area contributed by atoms with Crippen LogP contribution in [0.1, 0.15) is 41.9 Å². The van der Waals surface area contributed by atoms with E-state index in [-0.39, 0.29) is 18.1 Å². The quantitative estimate of drug-likeness (QED) is 0.664. The number of aryl methyl sites for hydroxylation is 1. The zero-order valence-electron chi connectivity index (χ0n) is 14.9. The van der Waals surface area contributed by atoms with Crippen molar-refractivity contribution in [2.24, 2.45) is 0 Å². The summed E-state index contributed by atoms with van der Waals surface area (Å²) in [5.41, 5.74) is 1.23. The van der Waals surface area contributed by atoms with Crippen LogP contribution in [-0.4, -0.2) is 28.2 Å². The second-order valence-corrected chi connectivity index (χ2v) is 7.69. The van der Waals surface area contributed by atoms with Crippen molar-refractivity contribution in [2.75, 3.05) is 0 Å². The Morgan fingerprint density at radius 2 is 2.07 bits per heavy atom. The normalized spacial score (nSPS) is 19.8. The van der Waals surface area contributed by atoms with Crippen molar-refractivity contribution in [3.05, 3.63) is 52.5 Å². The van der Waals surface area contributed by atoms with Crippen LogP contribution < -0.4 is 10.1 Å². The highest BCUT2D eigenvalue weighted by molar-refractivity contribution is 9.10. The van der Waals surface area contributed by atoms with Crippen LogP contribution in [-0.2, 0) is 0 Å². The number of benzene rings is 1. The summed E-state index contributed by atoms with van der Waals surface area (Å²) in [6, 6.07) is 9.68. The number of para-hydroxylation sites is 1. The third-order valence-corrected chi connectivity index (χ3v) is 5.49. The van der Waals surface area contributed by atoms with Gasteiger partial charge in [-0.1, -0.05) is 11.2 Å². The van der Waals surface area contributed by atoms with E-state index in [1.165, 1.54) is 0 Å². The fourth-order valence-electron chi connectivity index (χ4n) is 3.45. The number of nitrogens with one attached hydrogen (secondary N) is 1. The van der Waals surface area contributed by atoms with Crippen molar-refractivity contribution in [1.29, 1.82) is 0 Å². The highest BCUT2D eigenvalue weighted by atomic mass is 79.9. The predicted molar refractivity (Wildman–Crippen MR) is 105 cm³/mol. The number of rotatable bonds is 4. The molecular weight excluding hydrogens is 410 g/mol. The van der Waals surface area contributed by atoms with E-state index in [4.69, 9.17) is 9.26 Å². The lowest BCUT2D eigenvalue weighted by atomic mass is 9.92. The van der Waals surface area contributed by atoms with Crippen LogP contribution in [0.2, 0.25) is 0 Å². The van der Waals surface area contributed by atoms with Gasteiger partial charge in [0.2, 0.25) is 0 Å². The second-order valence-electron chi connectivity index (χ2n) is 6.83. The van der Waals surface area contributed by atoms with Crippen LogP contribution in [0.4, 0.5) is 0 Å².